The van der Waals surface area contributed by atoms with E-state index in [-0.39, 0.29) is 23.7 Å². The molecular formula is C14H17N3O5S. The van der Waals surface area contributed by atoms with Crippen LogP contribution in [0.5, 0.6) is 0 Å². The van der Waals surface area contributed by atoms with Crippen molar-refractivity contribution in [1.82, 2.24) is 10.3 Å². The van der Waals surface area contributed by atoms with Gasteiger partial charge in [0.05, 0.1) is 17.2 Å². The van der Waals surface area contributed by atoms with Crippen LogP contribution in [0.25, 0.3) is 0 Å². The summed E-state index contributed by atoms with van der Waals surface area (Å²) in [6, 6.07) is 1.56. The summed E-state index contributed by atoms with van der Waals surface area (Å²) in [5.74, 6) is 0.337. The number of rotatable bonds is 7. The van der Waals surface area contributed by atoms with Crippen LogP contribution in [0.1, 0.15) is 42.2 Å². The summed E-state index contributed by atoms with van der Waals surface area (Å²) in [6.07, 6.45) is 3.26. The molecule has 2 aromatic heterocycles. The maximum absolute atomic E-state index is 12.2. The molecule has 0 saturated heterocycles. The van der Waals surface area contributed by atoms with E-state index in [2.05, 4.69) is 15.6 Å². The Bertz CT molecular complexity index is 804. The van der Waals surface area contributed by atoms with Crippen LogP contribution < -0.4 is 5.32 Å². The van der Waals surface area contributed by atoms with E-state index in [9.17, 15) is 13.2 Å². The standard InChI is InChI=1S/C14H17N3O5S/c1-9-6-12(16-22-9)15-13(18)4-5-23(19,20)8-11-7-21-17-14(11)10-2-3-10/h6-7,10H,2-5,8H2,1H3,(H,15,16,18). The third-order valence-corrected chi connectivity index (χ3v) is 5.13. The van der Waals surface area contributed by atoms with E-state index >= 15 is 0 Å². The van der Waals surface area contributed by atoms with Gasteiger partial charge in [0.2, 0.25) is 5.91 Å². The van der Waals surface area contributed by atoms with Crippen LogP contribution in [0.2, 0.25) is 0 Å². The van der Waals surface area contributed by atoms with Crippen LogP contribution in [0.4, 0.5) is 5.82 Å². The lowest BCUT2D eigenvalue weighted by Crippen LogP contribution is -2.18. The molecule has 0 aliphatic heterocycles. The van der Waals surface area contributed by atoms with E-state index in [1.165, 1.54) is 6.26 Å². The second-order valence-electron chi connectivity index (χ2n) is 5.71. The van der Waals surface area contributed by atoms with Gasteiger partial charge in [-0.15, -0.1) is 0 Å². The number of sulfone groups is 1. The fraction of sp³-hybridized carbons (Fsp3) is 0.500. The Morgan fingerprint density at radius 1 is 1.39 bits per heavy atom. The number of aryl methyl sites for hydroxylation is 1. The normalized spacial score (nSPS) is 14.8. The first-order valence-electron chi connectivity index (χ1n) is 7.30. The third kappa shape index (κ3) is 4.19. The van der Waals surface area contributed by atoms with E-state index in [1.54, 1.807) is 13.0 Å². The van der Waals surface area contributed by atoms with Crippen LogP contribution in [0.3, 0.4) is 0 Å². The van der Waals surface area contributed by atoms with Gasteiger partial charge in [-0.2, -0.15) is 0 Å². The molecule has 124 valence electrons. The number of aromatic nitrogens is 2. The molecule has 2 heterocycles. The molecule has 9 heteroatoms. The minimum absolute atomic E-state index is 0.141. The SMILES string of the molecule is Cc1cc(NC(=O)CCS(=O)(=O)Cc2conc2C2CC2)no1. The zero-order valence-electron chi connectivity index (χ0n) is 12.6. The summed E-state index contributed by atoms with van der Waals surface area (Å²) < 4.78 is 34.1. The summed E-state index contributed by atoms with van der Waals surface area (Å²) in [4.78, 5) is 11.8. The van der Waals surface area contributed by atoms with Crippen molar-refractivity contribution in [3.8, 4) is 0 Å². The number of nitrogens with zero attached hydrogens (tertiary/aromatic N) is 2. The van der Waals surface area contributed by atoms with E-state index < -0.39 is 15.7 Å². The van der Waals surface area contributed by atoms with Crippen molar-refractivity contribution in [2.75, 3.05) is 11.1 Å². The van der Waals surface area contributed by atoms with Crippen molar-refractivity contribution in [3.63, 3.8) is 0 Å². The van der Waals surface area contributed by atoms with Gasteiger partial charge in [0.15, 0.2) is 15.7 Å². The van der Waals surface area contributed by atoms with E-state index in [1.807, 2.05) is 0 Å². The quantitative estimate of drug-likeness (QED) is 0.817. The fourth-order valence-corrected chi connectivity index (χ4v) is 3.59. The summed E-state index contributed by atoms with van der Waals surface area (Å²) in [7, 11) is -3.42. The monoisotopic (exact) mass is 339 g/mol. The molecule has 1 N–H and O–H groups in total. The molecule has 0 bridgehead atoms. The number of hydrogen-bond acceptors (Lipinski definition) is 7. The molecule has 23 heavy (non-hydrogen) atoms. The first-order chi connectivity index (χ1) is 10.9. The third-order valence-electron chi connectivity index (χ3n) is 3.55. The highest BCUT2D eigenvalue weighted by atomic mass is 32.2. The molecule has 1 aliphatic carbocycles. The molecule has 0 radical (unpaired) electrons. The van der Waals surface area contributed by atoms with Gasteiger partial charge in [-0.3, -0.25) is 4.79 Å². The van der Waals surface area contributed by atoms with Crippen LogP contribution >= 0.6 is 0 Å². The first-order valence-corrected chi connectivity index (χ1v) is 9.12. The lowest BCUT2D eigenvalue weighted by molar-refractivity contribution is -0.115. The summed E-state index contributed by atoms with van der Waals surface area (Å²) in [5.41, 5.74) is 1.33. The second-order valence-corrected chi connectivity index (χ2v) is 7.90. The summed E-state index contributed by atoms with van der Waals surface area (Å²) in [5, 5.41) is 9.99. The highest BCUT2D eigenvalue weighted by Gasteiger charge is 2.30. The van der Waals surface area contributed by atoms with Crippen molar-refractivity contribution < 1.29 is 22.3 Å². The molecule has 1 aliphatic rings. The molecule has 0 aromatic carbocycles. The Balaban J connectivity index is 1.54. The minimum atomic E-state index is -3.42. The van der Waals surface area contributed by atoms with Crippen molar-refractivity contribution in [3.05, 3.63) is 29.3 Å². The Labute approximate surface area is 133 Å². The lowest BCUT2D eigenvalue weighted by Gasteiger charge is -2.04. The number of amides is 1. The van der Waals surface area contributed by atoms with Gasteiger partial charge in [-0.1, -0.05) is 10.3 Å². The van der Waals surface area contributed by atoms with Gasteiger partial charge in [0.25, 0.3) is 0 Å². The highest BCUT2D eigenvalue weighted by molar-refractivity contribution is 7.90. The van der Waals surface area contributed by atoms with E-state index in [4.69, 9.17) is 9.05 Å². The first kappa shape index (κ1) is 15.7. The fourth-order valence-electron chi connectivity index (χ4n) is 2.26. The average molecular weight is 339 g/mol. The molecule has 0 atom stereocenters. The molecular weight excluding hydrogens is 322 g/mol. The van der Waals surface area contributed by atoms with Gasteiger partial charge in [-0.25, -0.2) is 8.42 Å². The number of anilines is 1. The van der Waals surface area contributed by atoms with Crippen LogP contribution in [-0.4, -0.2) is 30.4 Å². The topological polar surface area (TPSA) is 115 Å². The van der Waals surface area contributed by atoms with Gasteiger partial charge in [-0.05, 0) is 19.8 Å². The Kier molecular flexibility index (Phi) is 4.20. The van der Waals surface area contributed by atoms with Crippen LogP contribution in [0, 0.1) is 6.92 Å². The molecule has 3 rings (SSSR count). The zero-order chi connectivity index (χ0) is 16.4. The molecule has 1 saturated carbocycles. The van der Waals surface area contributed by atoms with E-state index in [0.717, 1.165) is 18.5 Å². The number of carbonyl (C=O) groups is 1. The maximum atomic E-state index is 12.2. The molecule has 1 amide bonds. The number of nitrogens with one attached hydrogen (secondary N) is 1. The molecule has 8 nitrogen and oxygen atoms in total. The average Bonchev–Trinajstić information content (AvgIpc) is 3.10. The Hall–Kier alpha value is -2.16. The predicted octanol–water partition coefficient (Wildman–Crippen LogP) is 1.79. The van der Waals surface area contributed by atoms with Gasteiger partial charge < -0.3 is 14.4 Å². The number of carbonyl (C=O) groups excluding carboxylic acids is 1. The largest absolute Gasteiger partial charge is 0.364 e. The molecule has 1 fully saturated rings. The van der Waals surface area contributed by atoms with Crippen LogP contribution in [-0.2, 0) is 20.4 Å². The van der Waals surface area contributed by atoms with Gasteiger partial charge in [0, 0.05) is 24.0 Å². The predicted molar refractivity (Wildman–Crippen MR) is 80.5 cm³/mol. The van der Waals surface area contributed by atoms with Crippen molar-refractivity contribution in [2.45, 2.75) is 37.9 Å². The Morgan fingerprint density at radius 2 is 2.17 bits per heavy atom. The van der Waals surface area contributed by atoms with Crippen LogP contribution in [0.15, 0.2) is 21.4 Å². The van der Waals surface area contributed by atoms with Crippen molar-refractivity contribution in [1.29, 1.82) is 0 Å². The van der Waals surface area contributed by atoms with E-state index in [0.29, 0.717) is 17.2 Å². The Morgan fingerprint density at radius 3 is 2.83 bits per heavy atom. The molecule has 2 aromatic rings. The smallest absolute Gasteiger partial charge is 0.226 e. The van der Waals surface area contributed by atoms with Gasteiger partial charge in [0.1, 0.15) is 12.0 Å². The zero-order valence-corrected chi connectivity index (χ0v) is 13.4. The van der Waals surface area contributed by atoms with Crippen molar-refractivity contribution in [2.24, 2.45) is 0 Å². The van der Waals surface area contributed by atoms with Crippen molar-refractivity contribution >= 4 is 21.6 Å². The minimum Gasteiger partial charge on any atom is -0.364 e. The summed E-state index contributed by atoms with van der Waals surface area (Å²) in [6.45, 7) is 1.70. The maximum Gasteiger partial charge on any atom is 0.226 e. The number of hydrogen-bond donors (Lipinski definition) is 1. The second kappa shape index (κ2) is 6.15. The molecule has 0 spiro atoms. The highest BCUT2D eigenvalue weighted by Crippen LogP contribution is 2.41. The summed E-state index contributed by atoms with van der Waals surface area (Å²) >= 11 is 0. The molecule has 0 unspecified atom stereocenters. The lowest BCUT2D eigenvalue weighted by atomic mass is 10.2. The van der Waals surface area contributed by atoms with Gasteiger partial charge >= 0.3 is 0 Å².